The van der Waals surface area contributed by atoms with E-state index in [4.69, 9.17) is 9.47 Å². The maximum Gasteiger partial charge on any atom is 0.269 e. The fourth-order valence-corrected chi connectivity index (χ4v) is 4.08. The second-order valence-corrected chi connectivity index (χ2v) is 7.74. The molecule has 0 radical (unpaired) electrons. The Morgan fingerprint density at radius 3 is 3.03 bits per heavy atom. The summed E-state index contributed by atoms with van der Waals surface area (Å²) in [6.07, 6.45) is 9.56. The van der Waals surface area contributed by atoms with Crippen LogP contribution in [0, 0.1) is 10.1 Å². The van der Waals surface area contributed by atoms with Crippen molar-refractivity contribution in [3.05, 3.63) is 64.1 Å². The maximum absolute atomic E-state index is 11.0. The Kier molecular flexibility index (Phi) is 5.25. The monoisotopic (exact) mass is 421 g/mol. The first-order valence-corrected chi connectivity index (χ1v) is 10.5. The van der Waals surface area contributed by atoms with Crippen molar-refractivity contribution in [3.63, 3.8) is 0 Å². The van der Waals surface area contributed by atoms with E-state index in [1.807, 2.05) is 23.1 Å². The Hall–Kier alpha value is -3.46. The summed E-state index contributed by atoms with van der Waals surface area (Å²) in [5.74, 6) is 1.56. The highest BCUT2D eigenvalue weighted by Gasteiger charge is 2.24. The number of hydrogen-bond donors (Lipinski definition) is 1. The number of anilines is 1. The van der Waals surface area contributed by atoms with Gasteiger partial charge in [-0.2, -0.15) is 5.10 Å². The minimum atomic E-state index is -0.388. The number of pyridine rings is 1. The molecule has 0 saturated carbocycles. The number of hydrogen-bond acceptors (Lipinski definition) is 7. The molecule has 0 spiro atoms. The smallest absolute Gasteiger partial charge is 0.269 e. The molecule has 5 rings (SSSR count). The van der Waals surface area contributed by atoms with Gasteiger partial charge >= 0.3 is 0 Å². The van der Waals surface area contributed by atoms with Gasteiger partial charge < -0.3 is 14.8 Å². The summed E-state index contributed by atoms with van der Waals surface area (Å²) in [7, 11) is 0. The number of nitro benzene ring substituents is 1. The predicted molar refractivity (Wildman–Crippen MR) is 114 cm³/mol. The van der Waals surface area contributed by atoms with Gasteiger partial charge in [0.2, 0.25) is 0 Å². The molecule has 2 aliphatic heterocycles. The lowest BCUT2D eigenvalue weighted by atomic mass is 10.1. The van der Waals surface area contributed by atoms with Crippen molar-refractivity contribution in [1.29, 1.82) is 0 Å². The molecule has 1 N–H and O–H groups in total. The van der Waals surface area contributed by atoms with Gasteiger partial charge in [0.05, 0.1) is 17.7 Å². The predicted octanol–water partition coefficient (Wildman–Crippen LogP) is 4.10. The van der Waals surface area contributed by atoms with Gasteiger partial charge in [-0.05, 0) is 24.8 Å². The van der Waals surface area contributed by atoms with Gasteiger partial charge in [-0.3, -0.25) is 10.1 Å². The molecule has 9 nitrogen and oxygen atoms in total. The molecular formula is C22H23N5O4. The van der Waals surface area contributed by atoms with Gasteiger partial charge in [0.15, 0.2) is 0 Å². The summed E-state index contributed by atoms with van der Waals surface area (Å²) in [6.45, 7) is 1.81. The molecule has 1 atom stereocenters. The summed E-state index contributed by atoms with van der Waals surface area (Å²) >= 11 is 0. The topological polar surface area (TPSA) is 104 Å². The van der Waals surface area contributed by atoms with Crippen LogP contribution in [0.3, 0.4) is 0 Å². The number of nitrogens with one attached hydrogen (secondary N) is 1. The van der Waals surface area contributed by atoms with Crippen LogP contribution in [-0.2, 0) is 17.7 Å². The molecule has 0 bridgehead atoms. The third-order valence-electron chi connectivity index (χ3n) is 5.67. The van der Waals surface area contributed by atoms with Crippen LogP contribution in [0.4, 0.5) is 11.5 Å². The first-order valence-electron chi connectivity index (χ1n) is 10.5. The number of aromatic nitrogens is 3. The summed E-state index contributed by atoms with van der Waals surface area (Å²) in [5, 5.41) is 18.8. The minimum Gasteiger partial charge on any atom is -0.492 e. The third-order valence-corrected chi connectivity index (χ3v) is 5.67. The molecule has 2 aromatic heterocycles. The van der Waals surface area contributed by atoms with Crippen LogP contribution < -0.4 is 10.1 Å². The number of nitro groups is 1. The third kappa shape index (κ3) is 3.96. The van der Waals surface area contributed by atoms with Gasteiger partial charge in [0.1, 0.15) is 17.8 Å². The fraction of sp³-hybridized carbons (Fsp3) is 0.364. The van der Waals surface area contributed by atoms with E-state index in [9.17, 15) is 10.1 Å². The molecule has 1 fully saturated rings. The van der Waals surface area contributed by atoms with Crippen LogP contribution >= 0.6 is 0 Å². The van der Waals surface area contributed by atoms with Crippen molar-refractivity contribution in [2.45, 2.75) is 38.5 Å². The van der Waals surface area contributed by atoms with Crippen LogP contribution in [0.1, 0.15) is 36.6 Å². The van der Waals surface area contributed by atoms with Gasteiger partial charge in [-0.25, -0.2) is 9.67 Å². The second-order valence-electron chi connectivity index (χ2n) is 7.74. The lowest BCUT2D eigenvalue weighted by Gasteiger charge is -2.22. The molecule has 3 aromatic rings. The van der Waals surface area contributed by atoms with E-state index in [1.165, 1.54) is 6.07 Å². The molecule has 1 unspecified atom stereocenters. The van der Waals surface area contributed by atoms with Crippen molar-refractivity contribution in [1.82, 2.24) is 14.8 Å². The summed E-state index contributed by atoms with van der Waals surface area (Å²) in [5.41, 5.74) is 3.78. The van der Waals surface area contributed by atoms with E-state index in [1.54, 1.807) is 18.3 Å². The Morgan fingerprint density at radius 1 is 1.26 bits per heavy atom. The quantitative estimate of drug-likeness (QED) is 0.472. The number of non-ortho nitro benzene ring substituents is 1. The highest BCUT2D eigenvalue weighted by Crippen LogP contribution is 2.40. The van der Waals surface area contributed by atoms with E-state index >= 15 is 0 Å². The number of ether oxygens (including phenoxy) is 2. The van der Waals surface area contributed by atoms with Crippen molar-refractivity contribution in [3.8, 4) is 16.9 Å². The van der Waals surface area contributed by atoms with E-state index < -0.39 is 0 Å². The second kappa shape index (κ2) is 8.35. The van der Waals surface area contributed by atoms with Gasteiger partial charge in [0, 0.05) is 60.8 Å². The zero-order valence-corrected chi connectivity index (χ0v) is 17.0. The summed E-state index contributed by atoms with van der Waals surface area (Å²) in [6, 6.07) is 6.60. The highest BCUT2D eigenvalue weighted by molar-refractivity contribution is 5.74. The zero-order chi connectivity index (χ0) is 21.2. The molecule has 1 saturated heterocycles. The first kappa shape index (κ1) is 19.5. The van der Waals surface area contributed by atoms with E-state index in [2.05, 4.69) is 15.4 Å². The molecule has 0 amide bonds. The van der Waals surface area contributed by atoms with Crippen LogP contribution in [0.25, 0.3) is 11.1 Å². The number of rotatable bonds is 6. The van der Waals surface area contributed by atoms with Crippen LogP contribution in [0.5, 0.6) is 5.75 Å². The molecular weight excluding hydrogens is 398 g/mol. The first-order chi connectivity index (χ1) is 15.2. The minimum absolute atomic E-state index is 0.0136. The molecule has 2 aliphatic rings. The number of nitrogens with zero attached hydrogens (tertiary/aromatic N) is 4. The highest BCUT2D eigenvalue weighted by atomic mass is 16.6. The average molecular weight is 421 g/mol. The van der Waals surface area contributed by atoms with Crippen LogP contribution in [0.2, 0.25) is 0 Å². The lowest BCUT2D eigenvalue weighted by molar-refractivity contribution is -0.384. The molecule has 160 valence electrons. The standard InChI is InChI=1S/C22H23N5O4/c28-27(29)17-5-3-4-15(10-17)11-23-22-18-7-9-31-21(18)19(13-24-22)16-12-25-26(14-16)20-6-1-2-8-30-20/h3-5,10,12-14,20H,1-2,6-9,11H2,(H,23,24). The Labute approximate surface area is 179 Å². The number of benzene rings is 1. The largest absolute Gasteiger partial charge is 0.492 e. The summed E-state index contributed by atoms with van der Waals surface area (Å²) in [4.78, 5) is 15.2. The maximum atomic E-state index is 11.0. The van der Waals surface area contributed by atoms with E-state index in [0.717, 1.165) is 66.1 Å². The zero-order valence-electron chi connectivity index (χ0n) is 17.0. The van der Waals surface area contributed by atoms with Crippen LogP contribution in [-0.4, -0.2) is 32.9 Å². The van der Waals surface area contributed by atoms with Crippen molar-refractivity contribution < 1.29 is 14.4 Å². The van der Waals surface area contributed by atoms with Gasteiger partial charge in [-0.15, -0.1) is 0 Å². The van der Waals surface area contributed by atoms with Crippen molar-refractivity contribution in [2.75, 3.05) is 18.5 Å². The molecule has 9 heteroatoms. The van der Waals surface area contributed by atoms with E-state index in [0.29, 0.717) is 13.2 Å². The molecule has 31 heavy (non-hydrogen) atoms. The molecule has 4 heterocycles. The fourth-order valence-electron chi connectivity index (χ4n) is 4.08. The average Bonchev–Trinajstić information content (AvgIpc) is 3.49. The lowest BCUT2D eigenvalue weighted by Crippen LogP contribution is -2.18. The summed E-state index contributed by atoms with van der Waals surface area (Å²) < 4.78 is 13.6. The SMILES string of the molecule is O=[N+]([O-])c1cccc(CNc2ncc(-c3cnn(C4CCCCO4)c3)c3c2CCO3)c1. The van der Waals surface area contributed by atoms with Crippen molar-refractivity contribution >= 4 is 11.5 Å². The van der Waals surface area contributed by atoms with Gasteiger partial charge in [-0.1, -0.05) is 12.1 Å². The Bertz CT molecular complexity index is 1110. The van der Waals surface area contributed by atoms with E-state index in [-0.39, 0.29) is 16.8 Å². The molecule has 0 aliphatic carbocycles. The Balaban J connectivity index is 1.37. The van der Waals surface area contributed by atoms with Crippen molar-refractivity contribution in [2.24, 2.45) is 0 Å². The number of fused-ring (bicyclic) bond motifs is 1. The molecule has 1 aromatic carbocycles. The van der Waals surface area contributed by atoms with Gasteiger partial charge in [0.25, 0.3) is 5.69 Å². The van der Waals surface area contributed by atoms with Crippen LogP contribution in [0.15, 0.2) is 42.9 Å². The Morgan fingerprint density at radius 2 is 2.19 bits per heavy atom. The normalized spacial score (nSPS) is 17.7.